The second-order valence-corrected chi connectivity index (χ2v) is 8.60. The maximum atomic E-state index is 13.7. The summed E-state index contributed by atoms with van der Waals surface area (Å²) < 4.78 is 13.7. The Labute approximate surface area is 172 Å². The highest BCUT2D eigenvalue weighted by atomic mass is 19.1. The number of hydrogen-bond donors (Lipinski definition) is 4. The molecule has 1 fully saturated rings. The van der Waals surface area contributed by atoms with Crippen LogP contribution in [0.25, 0.3) is 0 Å². The van der Waals surface area contributed by atoms with E-state index in [0.717, 1.165) is 25.7 Å². The number of carboxylic acid groups (broad SMARTS) is 1. The first-order valence-electron chi connectivity index (χ1n) is 10.7. The van der Waals surface area contributed by atoms with Crippen LogP contribution in [0.3, 0.4) is 0 Å². The van der Waals surface area contributed by atoms with Crippen LogP contribution in [0.1, 0.15) is 80.6 Å². The van der Waals surface area contributed by atoms with E-state index in [1.54, 1.807) is 19.9 Å². The van der Waals surface area contributed by atoms with Gasteiger partial charge in [0.05, 0.1) is 18.3 Å². The van der Waals surface area contributed by atoms with Gasteiger partial charge in [-0.05, 0) is 80.5 Å². The zero-order valence-electron chi connectivity index (χ0n) is 17.5. The molecule has 2 unspecified atom stereocenters. The van der Waals surface area contributed by atoms with Gasteiger partial charge in [-0.3, -0.25) is 4.79 Å². The van der Waals surface area contributed by atoms with E-state index >= 15 is 0 Å². The minimum atomic E-state index is -0.774. The van der Waals surface area contributed by atoms with Gasteiger partial charge in [0.2, 0.25) is 0 Å². The van der Waals surface area contributed by atoms with Gasteiger partial charge in [0.25, 0.3) is 0 Å². The van der Waals surface area contributed by atoms with Gasteiger partial charge in [0.1, 0.15) is 5.82 Å². The molecule has 0 amide bonds. The second kappa shape index (κ2) is 11.0. The van der Waals surface area contributed by atoms with Crippen LogP contribution in [0.15, 0.2) is 12.1 Å². The molecule has 0 aliphatic heterocycles. The van der Waals surface area contributed by atoms with Gasteiger partial charge in [-0.1, -0.05) is 25.3 Å². The summed E-state index contributed by atoms with van der Waals surface area (Å²) in [5.41, 5.74) is 1.93. The third-order valence-electron chi connectivity index (χ3n) is 6.38. The molecule has 164 valence electrons. The molecule has 1 aliphatic rings. The maximum Gasteiger partial charge on any atom is 0.303 e. The minimum Gasteiger partial charge on any atom is -0.481 e. The van der Waals surface area contributed by atoms with Crippen LogP contribution in [-0.4, -0.2) is 38.6 Å². The number of carboxylic acids is 1. The summed E-state index contributed by atoms with van der Waals surface area (Å²) in [6.45, 7) is 3.46. The van der Waals surface area contributed by atoms with Crippen molar-refractivity contribution in [3.8, 4) is 0 Å². The van der Waals surface area contributed by atoms with Gasteiger partial charge in [0, 0.05) is 6.42 Å². The normalized spacial score (nSPS) is 25.3. The van der Waals surface area contributed by atoms with Gasteiger partial charge >= 0.3 is 5.97 Å². The Morgan fingerprint density at radius 2 is 1.66 bits per heavy atom. The molecule has 0 spiro atoms. The van der Waals surface area contributed by atoms with Crippen molar-refractivity contribution in [1.82, 2.24) is 0 Å². The number of hydrogen-bond acceptors (Lipinski definition) is 4. The quantitative estimate of drug-likeness (QED) is 0.413. The molecule has 1 aliphatic carbocycles. The Bertz CT molecular complexity index is 677. The Hall–Kier alpha value is -1.50. The summed E-state index contributed by atoms with van der Waals surface area (Å²) >= 11 is 0. The molecule has 1 aromatic carbocycles. The topological polar surface area (TPSA) is 98.0 Å². The van der Waals surface area contributed by atoms with E-state index in [4.69, 9.17) is 5.11 Å². The summed E-state index contributed by atoms with van der Waals surface area (Å²) in [7, 11) is 0. The highest BCUT2D eigenvalue weighted by Crippen LogP contribution is 2.40. The van der Waals surface area contributed by atoms with Crippen LogP contribution in [0.4, 0.5) is 4.39 Å². The first-order chi connectivity index (χ1) is 13.7. The second-order valence-electron chi connectivity index (χ2n) is 8.60. The van der Waals surface area contributed by atoms with Gasteiger partial charge in [-0.2, -0.15) is 0 Å². The summed E-state index contributed by atoms with van der Waals surface area (Å²) in [5.74, 6) is -1.13. The SMILES string of the molecule is Cc1cc(C(O)CCC2[C@H](O)C[C@H](O)[C@@H]2CCCCCCC(=O)O)c(C)cc1F. The number of aryl methyl sites for hydroxylation is 2. The molecule has 6 heteroatoms. The Balaban J connectivity index is 1.87. The van der Waals surface area contributed by atoms with Crippen LogP contribution in [0.2, 0.25) is 0 Å². The van der Waals surface area contributed by atoms with Gasteiger partial charge < -0.3 is 20.4 Å². The van der Waals surface area contributed by atoms with Crippen molar-refractivity contribution in [2.24, 2.45) is 11.8 Å². The zero-order valence-corrected chi connectivity index (χ0v) is 17.5. The number of benzene rings is 1. The standard InChI is InChI=1S/C23H35FO5/c1-14-12-19(24)15(2)11-18(14)20(25)10-9-17-16(21(26)13-22(17)27)7-5-3-4-6-8-23(28)29/h11-12,16-17,20-22,25-27H,3-10,13H2,1-2H3,(H,28,29)/t16-,17?,20?,21+,22-/m1/s1. The van der Waals surface area contributed by atoms with E-state index < -0.39 is 24.3 Å². The summed E-state index contributed by atoms with van der Waals surface area (Å²) in [6, 6.07) is 3.12. The molecule has 0 radical (unpaired) electrons. The van der Waals surface area contributed by atoms with Crippen molar-refractivity contribution in [3.05, 3.63) is 34.6 Å². The molecule has 29 heavy (non-hydrogen) atoms. The van der Waals surface area contributed by atoms with Crippen molar-refractivity contribution in [2.45, 2.75) is 89.9 Å². The summed E-state index contributed by atoms with van der Waals surface area (Å²) in [4.78, 5) is 10.5. The largest absolute Gasteiger partial charge is 0.481 e. The van der Waals surface area contributed by atoms with E-state index in [1.165, 1.54) is 6.07 Å². The van der Waals surface area contributed by atoms with E-state index in [9.17, 15) is 24.5 Å². The number of rotatable bonds is 11. The van der Waals surface area contributed by atoms with Crippen molar-refractivity contribution >= 4 is 5.97 Å². The highest BCUT2D eigenvalue weighted by Gasteiger charge is 2.40. The Morgan fingerprint density at radius 3 is 2.31 bits per heavy atom. The molecule has 4 N–H and O–H groups in total. The highest BCUT2D eigenvalue weighted by molar-refractivity contribution is 5.66. The van der Waals surface area contributed by atoms with Gasteiger partial charge in [0.15, 0.2) is 0 Å². The molecule has 0 aromatic heterocycles. The monoisotopic (exact) mass is 410 g/mol. The number of aliphatic hydroxyl groups excluding tert-OH is 3. The van der Waals surface area contributed by atoms with Crippen molar-refractivity contribution in [3.63, 3.8) is 0 Å². The number of aliphatic carboxylic acids is 1. The van der Waals surface area contributed by atoms with Crippen molar-refractivity contribution in [1.29, 1.82) is 0 Å². The van der Waals surface area contributed by atoms with Crippen LogP contribution in [0, 0.1) is 31.5 Å². The predicted molar refractivity (Wildman–Crippen MR) is 109 cm³/mol. The smallest absolute Gasteiger partial charge is 0.303 e. The first kappa shape index (κ1) is 23.8. The van der Waals surface area contributed by atoms with Crippen molar-refractivity contribution in [2.75, 3.05) is 0 Å². The van der Waals surface area contributed by atoms with Crippen molar-refractivity contribution < 1.29 is 29.6 Å². The predicted octanol–water partition coefficient (Wildman–Crippen LogP) is 4.04. The molecule has 5 atom stereocenters. The number of halogens is 1. The maximum absolute atomic E-state index is 13.7. The van der Waals surface area contributed by atoms with E-state index in [1.807, 2.05) is 0 Å². The Kier molecular flexibility index (Phi) is 9.05. The average Bonchev–Trinajstić information content (AvgIpc) is 2.91. The molecule has 1 saturated carbocycles. The number of carbonyl (C=O) groups is 1. The molecule has 0 heterocycles. The molecule has 5 nitrogen and oxygen atoms in total. The average molecular weight is 411 g/mol. The van der Waals surface area contributed by atoms with Crippen LogP contribution < -0.4 is 0 Å². The van der Waals surface area contributed by atoms with E-state index in [-0.39, 0.29) is 24.1 Å². The summed E-state index contributed by atoms with van der Waals surface area (Å²) in [5, 5.41) is 40.0. The lowest BCUT2D eigenvalue weighted by atomic mass is 9.84. The molecule has 0 bridgehead atoms. The molecular formula is C23H35FO5. The van der Waals surface area contributed by atoms with Crippen LogP contribution in [0.5, 0.6) is 0 Å². The van der Waals surface area contributed by atoms with Gasteiger partial charge in [-0.15, -0.1) is 0 Å². The van der Waals surface area contributed by atoms with Gasteiger partial charge in [-0.25, -0.2) is 4.39 Å². The first-order valence-corrected chi connectivity index (χ1v) is 10.7. The zero-order chi connectivity index (χ0) is 21.6. The fourth-order valence-electron chi connectivity index (χ4n) is 4.66. The third kappa shape index (κ3) is 6.76. The number of aliphatic hydroxyl groups is 3. The fraction of sp³-hybridized carbons (Fsp3) is 0.696. The van der Waals surface area contributed by atoms with Crippen LogP contribution >= 0.6 is 0 Å². The molecule has 1 aromatic rings. The molecule has 2 rings (SSSR count). The minimum absolute atomic E-state index is 0.00674. The number of unbranched alkanes of at least 4 members (excludes halogenated alkanes) is 3. The Morgan fingerprint density at radius 1 is 1.03 bits per heavy atom. The van der Waals surface area contributed by atoms with E-state index in [0.29, 0.717) is 42.4 Å². The molecular weight excluding hydrogens is 375 g/mol. The lowest BCUT2D eigenvalue weighted by Crippen LogP contribution is -2.23. The summed E-state index contributed by atoms with van der Waals surface area (Å²) in [6.07, 6.45) is 3.87. The lowest BCUT2D eigenvalue weighted by molar-refractivity contribution is -0.137. The molecule has 0 saturated heterocycles. The van der Waals surface area contributed by atoms with E-state index in [2.05, 4.69) is 0 Å². The van der Waals surface area contributed by atoms with Crippen LogP contribution in [-0.2, 0) is 4.79 Å². The third-order valence-corrected chi connectivity index (χ3v) is 6.38. The lowest BCUT2D eigenvalue weighted by Gasteiger charge is -2.25. The fourth-order valence-corrected chi connectivity index (χ4v) is 4.66.